The van der Waals surface area contributed by atoms with Crippen LogP contribution in [-0.2, 0) is 6.42 Å². The normalized spacial score (nSPS) is 12.5. The summed E-state index contributed by atoms with van der Waals surface area (Å²) < 4.78 is 26.6. The number of aryl methyl sites for hydroxylation is 1. The van der Waals surface area contributed by atoms with Crippen LogP contribution in [0.25, 0.3) is 0 Å². The summed E-state index contributed by atoms with van der Waals surface area (Å²) in [6.45, 7) is 1.85. The van der Waals surface area contributed by atoms with Gasteiger partial charge in [-0.15, -0.1) is 0 Å². The average molecular weight is 283 g/mol. The van der Waals surface area contributed by atoms with Crippen LogP contribution in [0.3, 0.4) is 0 Å². The molecule has 0 fully saturated rings. The number of hydrogen-bond donors (Lipinski definition) is 1. The Bertz CT molecular complexity index is 578. The van der Waals surface area contributed by atoms with E-state index in [0.29, 0.717) is 10.6 Å². The highest BCUT2D eigenvalue weighted by molar-refractivity contribution is 6.30. The van der Waals surface area contributed by atoms with Crippen molar-refractivity contribution in [1.29, 1.82) is 0 Å². The maximum Gasteiger partial charge on any atom is 0.162 e. The highest BCUT2D eigenvalue weighted by atomic mass is 35.5. The summed E-state index contributed by atoms with van der Waals surface area (Å²) in [7, 11) is 0. The van der Waals surface area contributed by atoms with Crippen molar-refractivity contribution in [2.24, 2.45) is 0 Å². The number of benzene rings is 2. The molecule has 19 heavy (non-hydrogen) atoms. The molecule has 0 radical (unpaired) electrons. The van der Waals surface area contributed by atoms with Crippen LogP contribution >= 0.6 is 11.6 Å². The molecule has 0 aromatic heterocycles. The van der Waals surface area contributed by atoms with Gasteiger partial charge in [0.2, 0.25) is 0 Å². The Morgan fingerprint density at radius 3 is 2.63 bits per heavy atom. The molecule has 2 rings (SSSR count). The van der Waals surface area contributed by atoms with Crippen molar-refractivity contribution in [2.45, 2.75) is 19.4 Å². The molecular formula is C15H13ClF2O. The topological polar surface area (TPSA) is 20.2 Å². The van der Waals surface area contributed by atoms with Gasteiger partial charge in [0.1, 0.15) is 0 Å². The first kappa shape index (κ1) is 14.0. The summed E-state index contributed by atoms with van der Waals surface area (Å²) in [5.74, 6) is -1.83. The van der Waals surface area contributed by atoms with E-state index in [-0.39, 0.29) is 12.0 Å². The number of rotatable bonds is 3. The van der Waals surface area contributed by atoms with Crippen LogP contribution in [-0.4, -0.2) is 5.11 Å². The van der Waals surface area contributed by atoms with E-state index in [2.05, 4.69) is 0 Å². The quantitative estimate of drug-likeness (QED) is 0.894. The van der Waals surface area contributed by atoms with Crippen molar-refractivity contribution in [3.63, 3.8) is 0 Å². The zero-order valence-corrected chi connectivity index (χ0v) is 11.1. The van der Waals surface area contributed by atoms with Gasteiger partial charge < -0.3 is 5.11 Å². The third kappa shape index (κ3) is 3.31. The van der Waals surface area contributed by atoms with E-state index in [4.69, 9.17) is 11.6 Å². The van der Waals surface area contributed by atoms with Crippen molar-refractivity contribution < 1.29 is 13.9 Å². The molecule has 0 amide bonds. The second kappa shape index (κ2) is 5.68. The second-order valence-corrected chi connectivity index (χ2v) is 4.93. The summed E-state index contributed by atoms with van der Waals surface area (Å²) in [4.78, 5) is 0. The van der Waals surface area contributed by atoms with Crippen molar-refractivity contribution in [1.82, 2.24) is 0 Å². The Labute approximate surface area is 115 Å². The molecule has 0 aliphatic rings. The van der Waals surface area contributed by atoms with Gasteiger partial charge in [-0.3, -0.25) is 0 Å². The van der Waals surface area contributed by atoms with Gasteiger partial charge in [-0.2, -0.15) is 0 Å². The Balaban J connectivity index is 2.25. The monoisotopic (exact) mass is 282 g/mol. The molecule has 1 N–H and O–H groups in total. The summed E-state index contributed by atoms with van der Waals surface area (Å²) in [5.41, 5.74) is 1.64. The summed E-state index contributed by atoms with van der Waals surface area (Å²) in [6, 6.07) is 9.09. The molecular weight excluding hydrogens is 270 g/mol. The minimum absolute atomic E-state index is 0.00335. The molecule has 2 aromatic carbocycles. The van der Waals surface area contributed by atoms with E-state index in [1.807, 2.05) is 6.92 Å². The Morgan fingerprint density at radius 1 is 1.21 bits per heavy atom. The summed E-state index contributed by atoms with van der Waals surface area (Å²) in [5, 5.41) is 10.6. The Morgan fingerprint density at radius 2 is 1.95 bits per heavy atom. The molecule has 0 heterocycles. The fourth-order valence-electron chi connectivity index (χ4n) is 1.99. The third-order valence-electron chi connectivity index (χ3n) is 2.89. The largest absolute Gasteiger partial charge is 0.388 e. The van der Waals surface area contributed by atoms with Gasteiger partial charge in [-0.05, 0) is 41.8 Å². The predicted octanol–water partition coefficient (Wildman–Crippen LogP) is 4.20. The van der Waals surface area contributed by atoms with Crippen LogP contribution < -0.4 is 0 Å². The molecule has 0 saturated heterocycles. The first-order valence-corrected chi connectivity index (χ1v) is 6.23. The third-order valence-corrected chi connectivity index (χ3v) is 3.11. The molecule has 1 nitrogen and oxygen atoms in total. The fourth-order valence-corrected chi connectivity index (χ4v) is 2.29. The molecule has 0 aliphatic heterocycles. The lowest BCUT2D eigenvalue weighted by molar-refractivity contribution is 0.176. The summed E-state index contributed by atoms with van der Waals surface area (Å²) in [6.07, 6.45) is -0.919. The maximum absolute atomic E-state index is 13.5. The van der Waals surface area contributed by atoms with Gasteiger partial charge in [0, 0.05) is 11.4 Å². The minimum Gasteiger partial charge on any atom is -0.388 e. The highest BCUT2D eigenvalue weighted by Gasteiger charge is 2.14. The van der Waals surface area contributed by atoms with E-state index in [0.717, 1.165) is 11.6 Å². The first-order chi connectivity index (χ1) is 8.97. The van der Waals surface area contributed by atoms with Crippen LogP contribution in [0, 0.1) is 18.6 Å². The molecule has 100 valence electrons. The predicted molar refractivity (Wildman–Crippen MR) is 71.2 cm³/mol. The highest BCUT2D eigenvalue weighted by Crippen LogP contribution is 2.24. The molecule has 0 bridgehead atoms. The van der Waals surface area contributed by atoms with Crippen LogP contribution in [0.15, 0.2) is 36.4 Å². The lowest BCUT2D eigenvalue weighted by atomic mass is 9.99. The summed E-state index contributed by atoms with van der Waals surface area (Å²) >= 11 is 5.91. The van der Waals surface area contributed by atoms with Crippen LogP contribution in [0.2, 0.25) is 5.02 Å². The van der Waals surface area contributed by atoms with Gasteiger partial charge in [0.05, 0.1) is 6.10 Å². The average Bonchev–Trinajstić information content (AvgIpc) is 2.33. The molecule has 0 aliphatic carbocycles. The van der Waals surface area contributed by atoms with Crippen molar-refractivity contribution in [2.75, 3.05) is 0 Å². The lowest BCUT2D eigenvalue weighted by Gasteiger charge is -2.13. The lowest BCUT2D eigenvalue weighted by Crippen LogP contribution is -2.05. The van der Waals surface area contributed by atoms with E-state index in [1.165, 1.54) is 12.1 Å². The Kier molecular flexibility index (Phi) is 4.17. The SMILES string of the molecule is Cc1cc(Cl)cc(C(O)Cc2cccc(F)c2F)c1. The molecule has 2 aromatic rings. The zero-order chi connectivity index (χ0) is 14.0. The van der Waals surface area contributed by atoms with Crippen molar-refractivity contribution in [3.8, 4) is 0 Å². The van der Waals surface area contributed by atoms with Crippen molar-refractivity contribution >= 4 is 11.6 Å². The standard InChI is InChI=1S/C15H13ClF2O/c1-9-5-11(7-12(16)6-9)14(19)8-10-3-2-4-13(17)15(10)18/h2-7,14,19H,8H2,1H3. The number of hydrogen-bond acceptors (Lipinski definition) is 1. The molecule has 4 heteroatoms. The molecule has 0 spiro atoms. The van der Waals surface area contributed by atoms with Gasteiger partial charge >= 0.3 is 0 Å². The van der Waals surface area contributed by atoms with E-state index in [1.54, 1.807) is 18.2 Å². The van der Waals surface area contributed by atoms with Crippen LogP contribution in [0.4, 0.5) is 8.78 Å². The molecule has 1 atom stereocenters. The maximum atomic E-state index is 13.5. The molecule has 0 saturated carbocycles. The second-order valence-electron chi connectivity index (χ2n) is 4.49. The van der Waals surface area contributed by atoms with Crippen LogP contribution in [0.1, 0.15) is 22.8 Å². The van der Waals surface area contributed by atoms with Crippen molar-refractivity contribution in [3.05, 3.63) is 69.7 Å². The number of aliphatic hydroxyl groups is 1. The van der Waals surface area contributed by atoms with Crippen LogP contribution in [0.5, 0.6) is 0 Å². The number of aliphatic hydroxyl groups excluding tert-OH is 1. The molecule has 1 unspecified atom stereocenters. The van der Waals surface area contributed by atoms with Gasteiger partial charge in [-0.1, -0.05) is 29.8 Å². The van der Waals surface area contributed by atoms with Gasteiger partial charge in [-0.25, -0.2) is 8.78 Å². The zero-order valence-electron chi connectivity index (χ0n) is 10.3. The van der Waals surface area contributed by atoms with E-state index < -0.39 is 17.7 Å². The minimum atomic E-state index is -0.923. The smallest absolute Gasteiger partial charge is 0.162 e. The van der Waals surface area contributed by atoms with Gasteiger partial charge in [0.25, 0.3) is 0 Å². The van der Waals surface area contributed by atoms with Gasteiger partial charge in [0.15, 0.2) is 11.6 Å². The Hall–Kier alpha value is -1.45. The van der Waals surface area contributed by atoms with E-state index >= 15 is 0 Å². The number of halogens is 3. The first-order valence-electron chi connectivity index (χ1n) is 5.85. The fraction of sp³-hybridized carbons (Fsp3) is 0.200. The van der Waals surface area contributed by atoms with E-state index in [9.17, 15) is 13.9 Å².